The van der Waals surface area contributed by atoms with Gasteiger partial charge in [0.15, 0.2) is 0 Å². The summed E-state index contributed by atoms with van der Waals surface area (Å²) < 4.78 is 0. The van der Waals surface area contributed by atoms with Crippen LogP contribution in [0.5, 0.6) is 0 Å². The molecule has 142 valence electrons. The molecule has 0 bridgehead atoms. The minimum absolute atomic E-state index is 0.0793. The van der Waals surface area contributed by atoms with Crippen molar-refractivity contribution < 1.29 is 4.79 Å². The summed E-state index contributed by atoms with van der Waals surface area (Å²) in [4.78, 5) is 12.6. The lowest BCUT2D eigenvalue weighted by atomic mass is 10.0. The van der Waals surface area contributed by atoms with Crippen molar-refractivity contribution >= 4 is 23.8 Å². The second kappa shape index (κ2) is 8.83. The normalized spacial score (nSPS) is 23.4. The molecule has 0 aromatic heterocycles. The van der Waals surface area contributed by atoms with Gasteiger partial charge in [0.2, 0.25) is 5.91 Å². The van der Waals surface area contributed by atoms with Crippen molar-refractivity contribution in [3.63, 3.8) is 0 Å². The lowest BCUT2D eigenvalue weighted by Gasteiger charge is -2.04. The Morgan fingerprint density at radius 3 is 1.82 bits per heavy atom. The van der Waals surface area contributed by atoms with Gasteiger partial charge in [-0.2, -0.15) is 5.10 Å². The second-order valence-electron chi connectivity index (χ2n) is 7.64. The summed E-state index contributed by atoms with van der Waals surface area (Å²) in [6.07, 6.45) is 12.8. The van der Waals surface area contributed by atoms with E-state index in [2.05, 4.69) is 10.5 Å². The molecule has 2 aromatic carbocycles. The number of benzene rings is 2. The van der Waals surface area contributed by atoms with Crippen LogP contribution in [-0.4, -0.2) is 11.6 Å². The maximum absolute atomic E-state index is 12.6. The molecule has 2 atom stereocenters. The second-order valence-corrected chi connectivity index (χ2v) is 7.64. The quantitative estimate of drug-likeness (QED) is 0.542. The molecule has 0 radical (unpaired) electrons. The molecule has 0 spiro atoms. The zero-order valence-electron chi connectivity index (χ0n) is 16.0. The summed E-state index contributed by atoms with van der Waals surface area (Å²) in [5.74, 6) is 1.43. The molecule has 2 aliphatic rings. The fourth-order valence-corrected chi connectivity index (χ4v) is 4.20. The van der Waals surface area contributed by atoms with Gasteiger partial charge >= 0.3 is 0 Å². The van der Waals surface area contributed by atoms with Crippen molar-refractivity contribution in [3.8, 4) is 0 Å². The first-order valence-electron chi connectivity index (χ1n) is 10.1. The van der Waals surface area contributed by atoms with Gasteiger partial charge in [-0.25, -0.2) is 5.43 Å². The highest BCUT2D eigenvalue weighted by Crippen LogP contribution is 2.55. The number of carbonyl (C=O) groups excluding carboxylic acids is 1. The third-order valence-electron chi connectivity index (χ3n) is 5.75. The van der Waals surface area contributed by atoms with E-state index in [9.17, 15) is 4.79 Å². The highest BCUT2D eigenvalue weighted by Gasteiger charge is 2.54. The fourth-order valence-electron chi connectivity index (χ4n) is 4.20. The number of carbonyl (C=O) groups is 1. The Labute approximate surface area is 166 Å². The SMILES string of the molecule is O=C(NN=C(C=Cc1ccccc1)C=Cc1ccccc1)C1C2CCCCC21. The number of amides is 1. The smallest absolute Gasteiger partial charge is 0.243 e. The lowest BCUT2D eigenvalue weighted by molar-refractivity contribution is -0.122. The Balaban J connectivity index is 1.47. The summed E-state index contributed by atoms with van der Waals surface area (Å²) in [6, 6.07) is 20.2. The number of allylic oxidation sites excluding steroid dienone is 2. The molecule has 3 heteroatoms. The molecule has 2 fully saturated rings. The zero-order valence-corrected chi connectivity index (χ0v) is 16.0. The molecule has 2 aromatic rings. The van der Waals surface area contributed by atoms with Crippen LogP contribution in [0.15, 0.2) is 77.9 Å². The van der Waals surface area contributed by atoms with E-state index < -0.39 is 0 Å². The molecular weight excluding hydrogens is 344 g/mol. The van der Waals surface area contributed by atoms with Crippen LogP contribution in [0.4, 0.5) is 0 Å². The number of rotatable bonds is 6. The molecule has 1 amide bonds. The van der Waals surface area contributed by atoms with Gasteiger partial charge in [0, 0.05) is 5.92 Å². The van der Waals surface area contributed by atoms with Gasteiger partial charge in [-0.3, -0.25) is 4.79 Å². The van der Waals surface area contributed by atoms with Gasteiger partial charge < -0.3 is 0 Å². The monoisotopic (exact) mass is 370 g/mol. The first kappa shape index (κ1) is 18.4. The molecule has 0 heterocycles. The molecule has 3 nitrogen and oxygen atoms in total. The minimum Gasteiger partial charge on any atom is -0.273 e. The Hall–Kier alpha value is -2.94. The van der Waals surface area contributed by atoms with E-state index in [0.717, 1.165) is 16.8 Å². The number of nitrogens with zero attached hydrogens (tertiary/aromatic N) is 1. The number of fused-ring (bicyclic) bond motifs is 1. The molecular formula is C25H26N2O. The summed E-state index contributed by atoms with van der Waals surface area (Å²) in [5, 5.41) is 4.42. The third-order valence-corrected chi connectivity index (χ3v) is 5.75. The van der Waals surface area contributed by atoms with Crippen molar-refractivity contribution in [2.75, 3.05) is 0 Å². The average molecular weight is 370 g/mol. The summed E-state index contributed by atoms with van der Waals surface area (Å²) in [6.45, 7) is 0. The first-order valence-corrected chi connectivity index (χ1v) is 10.1. The number of nitrogens with one attached hydrogen (secondary N) is 1. The van der Waals surface area contributed by atoms with Crippen LogP contribution in [0.2, 0.25) is 0 Å². The van der Waals surface area contributed by atoms with E-state index in [1.54, 1.807) is 0 Å². The topological polar surface area (TPSA) is 41.5 Å². The highest BCUT2D eigenvalue weighted by atomic mass is 16.2. The largest absolute Gasteiger partial charge is 0.273 e. The predicted molar refractivity (Wildman–Crippen MR) is 115 cm³/mol. The van der Waals surface area contributed by atoms with Crippen molar-refractivity contribution in [2.24, 2.45) is 22.9 Å². The van der Waals surface area contributed by atoms with Crippen LogP contribution >= 0.6 is 0 Å². The van der Waals surface area contributed by atoms with Crippen LogP contribution in [0.1, 0.15) is 36.8 Å². The van der Waals surface area contributed by atoms with E-state index in [1.807, 2.05) is 85.0 Å². The van der Waals surface area contributed by atoms with Crippen LogP contribution < -0.4 is 5.43 Å². The molecule has 0 saturated heterocycles. The Morgan fingerprint density at radius 2 is 1.32 bits per heavy atom. The van der Waals surface area contributed by atoms with Crippen molar-refractivity contribution in [3.05, 3.63) is 83.9 Å². The van der Waals surface area contributed by atoms with Crippen LogP contribution in [0, 0.1) is 17.8 Å². The van der Waals surface area contributed by atoms with Crippen molar-refractivity contribution in [2.45, 2.75) is 25.7 Å². The van der Waals surface area contributed by atoms with Gasteiger partial charge in [-0.15, -0.1) is 0 Å². The minimum atomic E-state index is 0.0793. The molecule has 4 rings (SSSR count). The van der Waals surface area contributed by atoms with E-state index in [-0.39, 0.29) is 11.8 Å². The number of hydrazone groups is 1. The standard InChI is InChI=1S/C25H26N2O/c28-25(24-22-13-7-8-14-23(22)24)27-26-21(17-15-19-9-3-1-4-10-19)18-16-20-11-5-2-6-12-20/h1-6,9-12,15-18,22-24H,7-8,13-14H2,(H,27,28). The maximum Gasteiger partial charge on any atom is 0.243 e. The molecule has 2 aliphatic carbocycles. The zero-order chi connectivity index (χ0) is 19.2. The van der Waals surface area contributed by atoms with Gasteiger partial charge in [-0.1, -0.05) is 85.7 Å². The van der Waals surface area contributed by atoms with E-state index in [1.165, 1.54) is 25.7 Å². The van der Waals surface area contributed by atoms with Crippen molar-refractivity contribution in [1.29, 1.82) is 0 Å². The number of hydrogen-bond acceptors (Lipinski definition) is 2. The van der Waals surface area contributed by atoms with Gasteiger partial charge in [-0.05, 0) is 48.0 Å². The van der Waals surface area contributed by atoms with Crippen LogP contribution in [0.25, 0.3) is 12.2 Å². The Bertz CT molecular complexity index is 820. The lowest BCUT2D eigenvalue weighted by Crippen LogP contribution is -2.22. The van der Waals surface area contributed by atoms with Gasteiger partial charge in [0.05, 0.1) is 5.71 Å². The summed E-state index contributed by atoms with van der Waals surface area (Å²) >= 11 is 0. The Kier molecular flexibility index (Phi) is 5.81. The molecule has 1 N–H and O–H groups in total. The van der Waals surface area contributed by atoms with E-state index in [4.69, 9.17) is 0 Å². The van der Waals surface area contributed by atoms with Gasteiger partial charge in [0.1, 0.15) is 0 Å². The highest BCUT2D eigenvalue weighted by molar-refractivity contribution is 6.09. The average Bonchev–Trinajstić information content (AvgIpc) is 3.49. The molecule has 28 heavy (non-hydrogen) atoms. The third kappa shape index (κ3) is 4.66. The van der Waals surface area contributed by atoms with Gasteiger partial charge in [0.25, 0.3) is 0 Å². The van der Waals surface area contributed by atoms with E-state index in [0.29, 0.717) is 11.8 Å². The van der Waals surface area contributed by atoms with Crippen LogP contribution in [-0.2, 0) is 4.79 Å². The van der Waals surface area contributed by atoms with E-state index >= 15 is 0 Å². The van der Waals surface area contributed by atoms with Crippen molar-refractivity contribution in [1.82, 2.24) is 5.43 Å². The summed E-state index contributed by atoms with van der Waals surface area (Å²) in [7, 11) is 0. The molecule has 2 unspecified atom stereocenters. The fraction of sp³-hybridized carbons (Fsp3) is 0.280. The molecule has 2 saturated carbocycles. The van der Waals surface area contributed by atoms with Crippen LogP contribution in [0.3, 0.4) is 0 Å². The first-order chi connectivity index (χ1) is 13.8. The Morgan fingerprint density at radius 1 is 0.821 bits per heavy atom. The predicted octanol–water partition coefficient (Wildman–Crippen LogP) is 5.32. The maximum atomic E-state index is 12.6. The number of hydrogen-bond donors (Lipinski definition) is 1. The summed E-state index contributed by atoms with van der Waals surface area (Å²) in [5.41, 5.74) is 5.75. The molecule has 0 aliphatic heterocycles.